The Morgan fingerprint density at radius 2 is 1.89 bits per heavy atom. The molecule has 2 aromatic heterocycles. The third kappa shape index (κ3) is 5.75. The van der Waals surface area contributed by atoms with E-state index in [2.05, 4.69) is 15.3 Å². The summed E-state index contributed by atoms with van der Waals surface area (Å²) >= 11 is 0. The quantitative estimate of drug-likeness (QED) is 0.507. The first-order chi connectivity index (χ1) is 16.7. The van der Waals surface area contributed by atoms with Crippen LogP contribution >= 0.6 is 0 Å². The molecular weight excluding hydrogens is 495 g/mol. The number of aromatic nitrogens is 4. The lowest BCUT2D eigenvalue weighted by atomic mass is 10.1. The summed E-state index contributed by atoms with van der Waals surface area (Å²) in [7, 11) is 0. The maximum Gasteiger partial charge on any atom is 0.406 e. The molecule has 1 amide bonds. The monoisotopic (exact) mass is 519 g/mol. The lowest BCUT2D eigenvalue weighted by Crippen LogP contribution is -2.36. The molecule has 3 heterocycles. The Morgan fingerprint density at radius 3 is 2.42 bits per heavy atom. The molecule has 1 fully saturated rings. The van der Waals surface area contributed by atoms with Gasteiger partial charge in [-0.1, -0.05) is 6.92 Å². The van der Waals surface area contributed by atoms with Crippen LogP contribution in [0.5, 0.6) is 0 Å². The Morgan fingerprint density at radius 1 is 1.22 bits per heavy atom. The van der Waals surface area contributed by atoms with Crippen LogP contribution in [-0.2, 0) is 35.1 Å². The van der Waals surface area contributed by atoms with E-state index in [1.54, 1.807) is 6.92 Å². The fourth-order valence-corrected chi connectivity index (χ4v) is 4.05. The number of halogens is 3. The minimum Gasteiger partial charge on any atom is -0.460 e. The van der Waals surface area contributed by atoms with Gasteiger partial charge in [0.15, 0.2) is 17.4 Å². The normalized spacial score (nSPS) is 20.8. The van der Waals surface area contributed by atoms with Gasteiger partial charge in [0.05, 0.1) is 0 Å². The summed E-state index contributed by atoms with van der Waals surface area (Å²) in [6, 6.07) is 0. The Kier molecular flexibility index (Phi) is 7.56. The van der Waals surface area contributed by atoms with Gasteiger partial charge in [0.25, 0.3) is 5.56 Å². The van der Waals surface area contributed by atoms with Crippen LogP contribution in [0.2, 0.25) is 0 Å². The summed E-state index contributed by atoms with van der Waals surface area (Å²) in [5.74, 6) is -2.47. The maximum absolute atomic E-state index is 13.3. The topological polar surface area (TPSA) is 164 Å². The number of aromatic amines is 1. The Hall–Kier alpha value is -3.69. The van der Waals surface area contributed by atoms with Crippen molar-refractivity contribution in [3.05, 3.63) is 20.8 Å². The van der Waals surface area contributed by atoms with E-state index in [1.165, 1.54) is 6.92 Å². The number of imidazole rings is 1. The smallest absolute Gasteiger partial charge is 0.406 e. The van der Waals surface area contributed by atoms with E-state index >= 15 is 0 Å². The molecule has 198 valence electrons. The number of alkyl halides is 3. The Bertz CT molecular complexity index is 1300. The van der Waals surface area contributed by atoms with Crippen molar-refractivity contribution in [2.75, 3.05) is 5.32 Å². The first-order valence-electron chi connectivity index (χ1n) is 10.8. The van der Waals surface area contributed by atoms with Crippen LogP contribution in [-0.4, -0.2) is 61.4 Å². The molecule has 0 aromatic carbocycles. The molecule has 1 aliphatic rings. The SMILES string of the molecule is CCC(OC(C)=O)[C@@H]1C[C@@H](OC(C)=O)[C@H](n2c(=O)n(CC(F)(F)F)c3c(=O)[nH]c(NC(C)=O)nc32)O1. The molecule has 0 aliphatic carbocycles. The number of ether oxygens (including phenoxy) is 3. The zero-order chi connectivity index (χ0) is 26.9. The molecule has 3 rings (SSSR count). The van der Waals surface area contributed by atoms with E-state index in [4.69, 9.17) is 14.2 Å². The van der Waals surface area contributed by atoms with Crippen LogP contribution in [0.1, 0.15) is 46.8 Å². The summed E-state index contributed by atoms with van der Waals surface area (Å²) in [6.07, 6.45) is -9.13. The second kappa shape index (κ2) is 10.1. The number of hydrogen-bond donors (Lipinski definition) is 2. The molecule has 13 nitrogen and oxygen atoms in total. The summed E-state index contributed by atoms with van der Waals surface area (Å²) < 4.78 is 57.1. The fraction of sp³-hybridized carbons (Fsp3) is 0.600. The number of rotatable bonds is 7. The van der Waals surface area contributed by atoms with E-state index in [9.17, 15) is 37.1 Å². The second-order valence-electron chi connectivity index (χ2n) is 8.13. The predicted octanol–water partition coefficient (Wildman–Crippen LogP) is 0.968. The van der Waals surface area contributed by atoms with Gasteiger partial charge < -0.3 is 14.2 Å². The number of hydrogen-bond acceptors (Lipinski definition) is 9. The predicted molar refractivity (Wildman–Crippen MR) is 115 cm³/mol. The standard InChI is InChI=1S/C20H24F3N5O8/c1-5-11(34-9(3)30)12-6-13(35-10(4)31)17(36-12)28-15-14(27(19(28)33)7-20(21,22)23)16(32)26-18(25-15)24-8(2)29/h11-13,17H,5-7H2,1-4H3,(H2,24,25,26,29,32)/t11?,12-,13+,17+/m0/s1. The first kappa shape index (κ1) is 26.9. The van der Waals surface area contributed by atoms with E-state index in [1.807, 2.05) is 0 Å². The van der Waals surface area contributed by atoms with E-state index in [0.29, 0.717) is 4.57 Å². The first-order valence-corrected chi connectivity index (χ1v) is 10.8. The van der Waals surface area contributed by atoms with Crippen molar-refractivity contribution in [3.8, 4) is 0 Å². The molecule has 0 spiro atoms. The number of nitrogens with zero attached hydrogens (tertiary/aromatic N) is 3. The van der Waals surface area contributed by atoms with E-state index < -0.39 is 83.5 Å². The van der Waals surface area contributed by atoms with Gasteiger partial charge in [-0.05, 0) is 6.42 Å². The average Bonchev–Trinajstić information content (AvgIpc) is 3.22. The second-order valence-corrected chi connectivity index (χ2v) is 8.13. The van der Waals surface area contributed by atoms with Crippen molar-refractivity contribution in [2.45, 2.75) is 77.8 Å². The Balaban J connectivity index is 2.24. The van der Waals surface area contributed by atoms with Gasteiger partial charge in [-0.3, -0.25) is 34.0 Å². The molecule has 1 aliphatic heterocycles. The summed E-state index contributed by atoms with van der Waals surface area (Å²) in [6.45, 7) is 3.23. The van der Waals surface area contributed by atoms with Gasteiger partial charge in [0, 0.05) is 27.2 Å². The van der Waals surface area contributed by atoms with Gasteiger partial charge >= 0.3 is 23.8 Å². The van der Waals surface area contributed by atoms with Gasteiger partial charge in [0.2, 0.25) is 11.9 Å². The Labute approximate surface area is 200 Å². The highest BCUT2D eigenvalue weighted by atomic mass is 19.4. The van der Waals surface area contributed by atoms with Gasteiger partial charge in [-0.2, -0.15) is 18.2 Å². The van der Waals surface area contributed by atoms with Crippen LogP contribution in [0.15, 0.2) is 9.59 Å². The lowest BCUT2D eigenvalue weighted by Gasteiger charge is -2.22. The number of carbonyl (C=O) groups excluding carboxylic acids is 3. The average molecular weight is 519 g/mol. The molecule has 1 saturated heterocycles. The third-order valence-electron chi connectivity index (χ3n) is 5.25. The van der Waals surface area contributed by atoms with Gasteiger partial charge in [-0.15, -0.1) is 0 Å². The van der Waals surface area contributed by atoms with Crippen molar-refractivity contribution in [1.29, 1.82) is 0 Å². The molecule has 0 bridgehead atoms. The van der Waals surface area contributed by atoms with Crippen molar-refractivity contribution < 1.29 is 41.8 Å². The van der Waals surface area contributed by atoms with Crippen molar-refractivity contribution in [2.24, 2.45) is 0 Å². The highest BCUT2D eigenvalue weighted by molar-refractivity contribution is 5.87. The number of anilines is 1. The summed E-state index contributed by atoms with van der Waals surface area (Å²) in [5.41, 5.74) is -3.72. The van der Waals surface area contributed by atoms with Crippen LogP contribution in [0.4, 0.5) is 19.1 Å². The molecule has 2 N–H and O–H groups in total. The highest BCUT2D eigenvalue weighted by Crippen LogP contribution is 2.35. The van der Waals surface area contributed by atoms with Crippen molar-refractivity contribution >= 4 is 35.0 Å². The number of fused-ring (bicyclic) bond motifs is 1. The van der Waals surface area contributed by atoms with E-state index in [0.717, 1.165) is 13.8 Å². The van der Waals surface area contributed by atoms with Crippen LogP contribution in [0.3, 0.4) is 0 Å². The summed E-state index contributed by atoms with van der Waals surface area (Å²) in [5, 5.41) is 2.20. The van der Waals surface area contributed by atoms with Gasteiger partial charge in [0.1, 0.15) is 24.9 Å². The molecule has 1 unspecified atom stereocenters. The zero-order valence-corrected chi connectivity index (χ0v) is 19.7. The van der Waals surface area contributed by atoms with Crippen molar-refractivity contribution in [1.82, 2.24) is 19.1 Å². The van der Waals surface area contributed by atoms with Crippen molar-refractivity contribution in [3.63, 3.8) is 0 Å². The van der Waals surface area contributed by atoms with Crippen LogP contribution < -0.4 is 16.6 Å². The molecule has 0 saturated carbocycles. The maximum atomic E-state index is 13.3. The lowest BCUT2D eigenvalue weighted by molar-refractivity contribution is -0.158. The number of amides is 1. The molecule has 36 heavy (non-hydrogen) atoms. The van der Waals surface area contributed by atoms with Crippen LogP contribution in [0, 0.1) is 0 Å². The zero-order valence-electron chi connectivity index (χ0n) is 19.7. The number of esters is 2. The number of carbonyl (C=O) groups is 3. The minimum atomic E-state index is -4.89. The molecule has 16 heteroatoms. The van der Waals surface area contributed by atoms with E-state index in [-0.39, 0.29) is 17.4 Å². The number of nitrogens with one attached hydrogen (secondary N) is 2. The highest BCUT2D eigenvalue weighted by Gasteiger charge is 2.45. The molecule has 4 atom stereocenters. The molecular formula is C20H24F3N5O8. The van der Waals surface area contributed by atoms with Gasteiger partial charge in [-0.25, -0.2) is 9.36 Å². The van der Waals surface area contributed by atoms with Crippen LogP contribution in [0.25, 0.3) is 11.2 Å². The summed E-state index contributed by atoms with van der Waals surface area (Å²) in [4.78, 5) is 66.7. The minimum absolute atomic E-state index is 0.0733. The molecule has 0 radical (unpaired) electrons. The third-order valence-corrected chi connectivity index (χ3v) is 5.25. The number of H-pyrrole nitrogens is 1. The molecule has 2 aromatic rings. The largest absolute Gasteiger partial charge is 0.460 e. The fourth-order valence-electron chi connectivity index (χ4n) is 4.05.